The van der Waals surface area contributed by atoms with Crippen molar-refractivity contribution in [3.8, 4) is 5.75 Å². The molecule has 0 spiro atoms. The monoisotopic (exact) mass is 469 g/mol. The summed E-state index contributed by atoms with van der Waals surface area (Å²) < 4.78 is 19.6. The molecule has 0 aromatic heterocycles. The van der Waals surface area contributed by atoms with Crippen molar-refractivity contribution in [1.29, 1.82) is 0 Å². The minimum absolute atomic E-state index is 0.00620. The van der Waals surface area contributed by atoms with Gasteiger partial charge < -0.3 is 15.4 Å². The lowest BCUT2D eigenvalue weighted by Gasteiger charge is -2.34. The van der Waals surface area contributed by atoms with Crippen molar-refractivity contribution < 1.29 is 18.7 Å². The molecule has 1 aliphatic heterocycles. The Bertz CT molecular complexity index is 1400. The molecular formula is C28H24FN3O3. The van der Waals surface area contributed by atoms with E-state index in [1.54, 1.807) is 30.3 Å². The molecule has 176 valence electrons. The Kier molecular flexibility index (Phi) is 6.06. The molecule has 0 bridgehead atoms. The highest BCUT2D eigenvalue weighted by atomic mass is 19.1. The molecule has 2 N–H and O–H groups in total. The number of hydrogen-bond acceptors (Lipinski definition) is 3. The number of fused-ring (bicyclic) bond motifs is 2. The number of nitrogens with zero attached hydrogens (tertiary/aromatic N) is 1. The molecule has 0 saturated carbocycles. The maximum atomic E-state index is 13.6. The standard InChI is InChI=1S/C28H24FN3O3/c1-18(22-13-6-9-19-8-2-3-12-23(19)22)30-27(33)26-17-32(24-14-4-5-15-25(24)35-26)28(34)31-21-11-7-10-20(29)16-21/h2-16,18,26H,17H2,1H3,(H,30,33)(H,31,34). The van der Waals surface area contributed by atoms with Gasteiger partial charge in [-0.25, -0.2) is 9.18 Å². The summed E-state index contributed by atoms with van der Waals surface area (Å²) in [4.78, 5) is 27.8. The predicted molar refractivity (Wildman–Crippen MR) is 134 cm³/mol. The number of rotatable bonds is 4. The van der Waals surface area contributed by atoms with E-state index >= 15 is 0 Å². The van der Waals surface area contributed by atoms with Crippen molar-refractivity contribution in [2.75, 3.05) is 16.8 Å². The molecule has 1 aliphatic rings. The average molecular weight is 470 g/mol. The van der Waals surface area contributed by atoms with Gasteiger partial charge >= 0.3 is 6.03 Å². The number of carbonyl (C=O) groups is 2. The van der Waals surface area contributed by atoms with Gasteiger partial charge in [0.1, 0.15) is 11.6 Å². The van der Waals surface area contributed by atoms with Crippen molar-refractivity contribution >= 4 is 34.1 Å². The molecule has 0 fully saturated rings. The maximum Gasteiger partial charge on any atom is 0.326 e. The van der Waals surface area contributed by atoms with E-state index < -0.39 is 18.0 Å². The number of nitrogens with one attached hydrogen (secondary N) is 2. The molecule has 0 saturated heterocycles. The minimum atomic E-state index is -0.916. The zero-order valence-electron chi connectivity index (χ0n) is 19.1. The van der Waals surface area contributed by atoms with Crippen molar-refractivity contribution in [1.82, 2.24) is 5.32 Å². The Hall–Kier alpha value is -4.39. The van der Waals surface area contributed by atoms with Crippen LogP contribution in [0.1, 0.15) is 18.5 Å². The smallest absolute Gasteiger partial charge is 0.326 e. The lowest BCUT2D eigenvalue weighted by atomic mass is 9.99. The van der Waals surface area contributed by atoms with Crippen LogP contribution in [0.2, 0.25) is 0 Å². The second-order valence-corrected chi connectivity index (χ2v) is 8.42. The number of ether oxygens (including phenoxy) is 1. The third kappa shape index (κ3) is 4.66. The number of para-hydroxylation sites is 2. The fraction of sp³-hybridized carbons (Fsp3) is 0.143. The number of urea groups is 1. The SMILES string of the molecule is CC(NC(=O)C1CN(C(=O)Nc2cccc(F)c2)c2ccccc2O1)c1cccc2ccccc12. The van der Waals surface area contributed by atoms with Gasteiger partial charge in [0.15, 0.2) is 6.10 Å². The van der Waals surface area contributed by atoms with E-state index in [0.717, 1.165) is 16.3 Å². The summed E-state index contributed by atoms with van der Waals surface area (Å²) in [5, 5.41) is 7.89. The summed E-state index contributed by atoms with van der Waals surface area (Å²) in [5.41, 5.74) is 1.85. The zero-order chi connectivity index (χ0) is 24.4. The zero-order valence-corrected chi connectivity index (χ0v) is 19.1. The van der Waals surface area contributed by atoms with Crippen molar-refractivity contribution in [2.45, 2.75) is 19.1 Å². The number of benzene rings is 4. The Labute approximate surface area is 202 Å². The molecule has 7 heteroatoms. The number of amides is 3. The second-order valence-electron chi connectivity index (χ2n) is 8.42. The first kappa shape index (κ1) is 22.4. The van der Waals surface area contributed by atoms with E-state index in [9.17, 15) is 14.0 Å². The van der Waals surface area contributed by atoms with Gasteiger partial charge in [0.2, 0.25) is 0 Å². The molecule has 0 radical (unpaired) electrons. The first-order valence-corrected chi connectivity index (χ1v) is 11.4. The molecule has 6 nitrogen and oxygen atoms in total. The summed E-state index contributed by atoms with van der Waals surface area (Å²) >= 11 is 0. The van der Waals surface area contributed by atoms with Crippen LogP contribution in [0, 0.1) is 5.82 Å². The average Bonchev–Trinajstić information content (AvgIpc) is 2.87. The maximum absolute atomic E-state index is 13.6. The minimum Gasteiger partial charge on any atom is -0.477 e. The van der Waals surface area contributed by atoms with Crippen LogP contribution < -0.4 is 20.3 Å². The van der Waals surface area contributed by atoms with E-state index in [1.807, 2.05) is 49.4 Å². The lowest BCUT2D eigenvalue weighted by molar-refractivity contribution is -0.128. The third-order valence-corrected chi connectivity index (χ3v) is 6.04. The molecule has 4 aromatic carbocycles. The fourth-order valence-electron chi connectivity index (χ4n) is 4.33. The summed E-state index contributed by atoms with van der Waals surface area (Å²) in [6, 6.07) is 25.9. The van der Waals surface area contributed by atoms with Gasteiger partial charge in [-0.05, 0) is 53.6 Å². The van der Waals surface area contributed by atoms with E-state index in [-0.39, 0.29) is 18.5 Å². The number of anilines is 2. The largest absolute Gasteiger partial charge is 0.477 e. The number of hydrogen-bond donors (Lipinski definition) is 2. The number of halogens is 1. The second kappa shape index (κ2) is 9.46. The Morgan fingerprint density at radius 1 is 0.971 bits per heavy atom. The predicted octanol–water partition coefficient (Wildman–Crippen LogP) is 5.66. The summed E-state index contributed by atoms with van der Waals surface area (Å²) in [6.45, 7) is 1.93. The van der Waals surface area contributed by atoms with E-state index in [2.05, 4.69) is 10.6 Å². The van der Waals surface area contributed by atoms with Gasteiger partial charge in [0, 0.05) is 5.69 Å². The molecule has 5 rings (SSSR count). The molecule has 2 unspecified atom stereocenters. The van der Waals surface area contributed by atoms with Crippen LogP contribution in [-0.4, -0.2) is 24.6 Å². The van der Waals surface area contributed by atoms with E-state index in [0.29, 0.717) is 17.1 Å². The summed E-state index contributed by atoms with van der Waals surface area (Å²) in [6.07, 6.45) is -0.916. The fourth-order valence-corrected chi connectivity index (χ4v) is 4.33. The van der Waals surface area contributed by atoms with Crippen molar-refractivity contribution in [3.63, 3.8) is 0 Å². The van der Waals surface area contributed by atoms with Crippen LogP contribution in [0.4, 0.5) is 20.6 Å². The van der Waals surface area contributed by atoms with Gasteiger partial charge in [-0.2, -0.15) is 0 Å². The van der Waals surface area contributed by atoms with E-state index in [1.165, 1.54) is 23.1 Å². The normalized spacial score (nSPS) is 15.6. The van der Waals surface area contributed by atoms with Crippen LogP contribution in [0.5, 0.6) is 5.75 Å². The molecule has 35 heavy (non-hydrogen) atoms. The molecular weight excluding hydrogens is 445 g/mol. The van der Waals surface area contributed by atoms with Gasteiger partial charge in [-0.3, -0.25) is 9.69 Å². The molecule has 4 aromatic rings. The Morgan fingerprint density at radius 2 is 1.71 bits per heavy atom. The van der Waals surface area contributed by atoms with Crippen molar-refractivity contribution in [2.24, 2.45) is 0 Å². The topological polar surface area (TPSA) is 70.7 Å². The van der Waals surface area contributed by atoms with Crippen LogP contribution in [-0.2, 0) is 4.79 Å². The van der Waals surface area contributed by atoms with Gasteiger partial charge in [0.05, 0.1) is 18.3 Å². The first-order valence-electron chi connectivity index (χ1n) is 11.4. The molecule has 0 aliphatic carbocycles. The highest BCUT2D eigenvalue weighted by Crippen LogP contribution is 2.34. The number of carbonyl (C=O) groups excluding carboxylic acids is 2. The van der Waals surface area contributed by atoms with Crippen LogP contribution >= 0.6 is 0 Å². The molecule has 1 heterocycles. The van der Waals surface area contributed by atoms with Crippen LogP contribution in [0.15, 0.2) is 91.0 Å². The summed E-state index contributed by atoms with van der Waals surface area (Å²) in [5.74, 6) is -0.362. The van der Waals surface area contributed by atoms with Gasteiger partial charge in [-0.1, -0.05) is 60.7 Å². The quantitative estimate of drug-likeness (QED) is 0.405. The highest BCUT2D eigenvalue weighted by Gasteiger charge is 2.34. The first-order chi connectivity index (χ1) is 17.0. The van der Waals surface area contributed by atoms with E-state index in [4.69, 9.17) is 4.74 Å². The lowest BCUT2D eigenvalue weighted by Crippen LogP contribution is -2.52. The van der Waals surface area contributed by atoms with Gasteiger partial charge in [-0.15, -0.1) is 0 Å². The summed E-state index contributed by atoms with van der Waals surface area (Å²) in [7, 11) is 0. The van der Waals surface area contributed by atoms with Crippen LogP contribution in [0.3, 0.4) is 0 Å². The molecule has 3 amide bonds. The van der Waals surface area contributed by atoms with Crippen molar-refractivity contribution in [3.05, 3.63) is 102 Å². The van der Waals surface area contributed by atoms with Crippen LogP contribution in [0.25, 0.3) is 10.8 Å². The third-order valence-electron chi connectivity index (χ3n) is 6.04. The van der Waals surface area contributed by atoms with Gasteiger partial charge in [0.25, 0.3) is 5.91 Å². The Balaban J connectivity index is 1.36. The highest BCUT2D eigenvalue weighted by molar-refractivity contribution is 6.04. The molecule has 2 atom stereocenters. The Morgan fingerprint density at radius 3 is 2.57 bits per heavy atom.